The molecular weight excluding hydrogens is 526 g/mol. The molecule has 10 heteroatoms. The van der Waals surface area contributed by atoms with Gasteiger partial charge in [0, 0.05) is 85.3 Å². The van der Waals surface area contributed by atoms with Crippen molar-refractivity contribution in [2.45, 2.75) is 31.8 Å². The minimum Gasteiger partial charge on any atom is -0.481 e. The van der Waals surface area contributed by atoms with E-state index in [1.807, 2.05) is 44.1 Å². The first-order chi connectivity index (χ1) is 20.4. The fraction of sp³-hybridized carbons (Fsp3) is 0.344. The number of fused-ring (bicyclic) bond motifs is 2. The highest BCUT2D eigenvalue weighted by atomic mass is 16.5. The number of nitrogens with zero attached hydrogens (tertiary/aromatic N) is 8. The second-order valence-corrected chi connectivity index (χ2v) is 11.9. The first kappa shape index (κ1) is 26.2. The van der Waals surface area contributed by atoms with Crippen molar-refractivity contribution in [3.05, 3.63) is 78.6 Å². The quantitative estimate of drug-likeness (QED) is 0.311. The molecule has 3 atom stereocenters. The molecule has 1 saturated carbocycles. The van der Waals surface area contributed by atoms with E-state index < -0.39 is 0 Å². The standard InChI is InChI=1S/C32H33N9O/c1-32(36-13-21-4-7-30(42-3)35-12-21)9-24-18-40(19-25(24)10-32)29-6-5-22(14-34-29)28-8-23(27-16-37-39(2)17-27)20-41-31(28)26(11-33)15-38-41/h4-8,12,14-17,20,24-25,36H,9-10,13,18-19H2,1-3H3/t24-,25+,32+. The number of pyridine rings is 3. The molecule has 1 aliphatic heterocycles. The van der Waals surface area contributed by atoms with Crippen molar-refractivity contribution in [3.8, 4) is 34.2 Å². The maximum atomic E-state index is 9.75. The molecule has 42 heavy (non-hydrogen) atoms. The highest BCUT2D eigenvalue weighted by molar-refractivity contribution is 5.87. The molecule has 212 valence electrons. The third kappa shape index (κ3) is 4.76. The van der Waals surface area contributed by atoms with Crippen molar-refractivity contribution in [1.29, 1.82) is 5.26 Å². The zero-order chi connectivity index (χ0) is 28.8. The zero-order valence-corrected chi connectivity index (χ0v) is 24.0. The van der Waals surface area contributed by atoms with Crippen LogP contribution in [0.25, 0.3) is 27.8 Å². The van der Waals surface area contributed by atoms with Crippen LogP contribution in [0.4, 0.5) is 5.82 Å². The number of nitriles is 1. The monoisotopic (exact) mass is 559 g/mol. The molecule has 0 radical (unpaired) electrons. The fourth-order valence-electron chi connectivity index (χ4n) is 6.81. The number of hydrogen-bond acceptors (Lipinski definition) is 8. The topological polar surface area (TPSA) is 109 Å². The number of aromatic nitrogens is 6. The Hall–Kier alpha value is -4.75. The first-order valence-electron chi connectivity index (χ1n) is 14.3. The predicted molar refractivity (Wildman–Crippen MR) is 160 cm³/mol. The summed E-state index contributed by atoms with van der Waals surface area (Å²) in [5.41, 5.74) is 6.46. The highest BCUT2D eigenvalue weighted by Crippen LogP contribution is 2.45. The molecule has 0 aromatic carbocycles. The molecule has 1 N–H and O–H groups in total. The number of anilines is 1. The Morgan fingerprint density at radius 3 is 2.45 bits per heavy atom. The van der Waals surface area contributed by atoms with Gasteiger partial charge in [0.2, 0.25) is 5.88 Å². The summed E-state index contributed by atoms with van der Waals surface area (Å²) in [6, 6.07) is 12.6. The van der Waals surface area contributed by atoms with Gasteiger partial charge in [0.25, 0.3) is 0 Å². The molecule has 5 aromatic rings. The summed E-state index contributed by atoms with van der Waals surface area (Å²) >= 11 is 0. The average Bonchev–Trinajstić information content (AvgIpc) is 3.79. The molecule has 1 saturated heterocycles. The second-order valence-electron chi connectivity index (χ2n) is 11.9. The lowest BCUT2D eigenvalue weighted by Gasteiger charge is -2.29. The summed E-state index contributed by atoms with van der Waals surface area (Å²) in [7, 11) is 3.54. The van der Waals surface area contributed by atoms with Gasteiger partial charge >= 0.3 is 0 Å². The number of hydrogen-bond donors (Lipinski definition) is 1. The summed E-state index contributed by atoms with van der Waals surface area (Å²) in [4.78, 5) is 11.7. The molecule has 0 amide bonds. The van der Waals surface area contributed by atoms with Crippen molar-refractivity contribution in [1.82, 2.24) is 34.7 Å². The third-order valence-corrected chi connectivity index (χ3v) is 8.88. The second kappa shape index (κ2) is 10.3. The van der Waals surface area contributed by atoms with Crippen LogP contribution in [-0.2, 0) is 13.6 Å². The van der Waals surface area contributed by atoms with Gasteiger partial charge < -0.3 is 15.0 Å². The molecule has 10 nitrogen and oxygen atoms in total. The lowest BCUT2D eigenvalue weighted by Crippen LogP contribution is -2.41. The number of methoxy groups -OCH3 is 1. The maximum absolute atomic E-state index is 9.75. The summed E-state index contributed by atoms with van der Waals surface area (Å²) in [5.74, 6) is 2.92. The normalized spacial score (nSPS) is 21.5. The van der Waals surface area contributed by atoms with E-state index in [1.165, 1.54) is 5.56 Å². The van der Waals surface area contributed by atoms with E-state index in [-0.39, 0.29) is 5.54 Å². The molecule has 2 aliphatic rings. The smallest absolute Gasteiger partial charge is 0.212 e. The van der Waals surface area contributed by atoms with Crippen molar-refractivity contribution in [2.75, 3.05) is 25.1 Å². The van der Waals surface area contributed by atoms with Crippen LogP contribution in [0.3, 0.4) is 0 Å². The van der Waals surface area contributed by atoms with E-state index in [0.29, 0.717) is 23.3 Å². The zero-order valence-electron chi connectivity index (χ0n) is 24.0. The fourth-order valence-corrected chi connectivity index (χ4v) is 6.81. The minimum atomic E-state index is 0.118. The molecule has 6 heterocycles. The van der Waals surface area contributed by atoms with Gasteiger partial charge in [0.05, 0.1) is 30.6 Å². The molecule has 7 rings (SSSR count). The van der Waals surface area contributed by atoms with Crippen molar-refractivity contribution in [3.63, 3.8) is 0 Å². The predicted octanol–water partition coefficient (Wildman–Crippen LogP) is 4.47. The Balaban J connectivity index is 1.06. The third-order valence-electron chi connectivity index (χ3n) is 8.88. The van der Waals surface area contributed by atoms with Gasteiger partial charge in [0.1, 0.15) is 11.9 Å². The first-order valence-corrected chi connectivity index (χ1v) is 14.3. The highest BCUT2D eigenvalue weighted by Gasteiger charge is 2.46. The van der Waals surface area contributed by atoms with Gasteiger partial charge in [-0.15, -0.1) is 0 Å². The van der Waals surface area contributed by atoms with Gasteiger partial charge in [-0.3, -0.25) is 4.68 Å². The Morgan fingerprint density at radius 2 is 1.81 bits per heavy atom. The number of aryl methyl sites for hydroxylation is 1. The lowest BCUT2D eigenvalue weighted by atomic mass is 9.97. The van der Waals surface area contributed by atoms with Crippen LogP contribution in [0.2, 0.25) is 0 Å². The number of rotatable bonds is 7. The van der Waals surface area contributed by atoms with Gasteiger partial charge in [0.15, 0.2) is 0 Å². The van der Waals surface area contributed by atoms with Gasteiger partial charge in [-0.2, -0.15) is 15.5 Å². The Kier molecular flexibility index (Phi) is 6.39. The number of ether oxygens (including phenoxy) is 1. The van der Waals surface area contributed by atoms with E-state index in [1.54, 1.807) is 22.5 Å². The summed E-state index contributed by atoms with van der Waals surface area (Å²) in [6.45, 7) is 5.19. The van der Waals surface area contributed by atoms with Gasteiger partial charge in [-0.05, 0) is 55.4 Å². The molecule has 1 aliphatic carbocycles. The largest absolute Gasteiger partial charge is 0.481 e. The van der Waals surface area contributed by atoms with E-state index in [4.69, 9.17) is 9.72 Å². The SMILES string of the molecule is COc1ccc(CN[C@]2(C)C[C@H]3CN(c4ccc(-c5cc(-c6cnn(C)c6)cn6ncc(C#N)c56)cn4)C[C@H]3C2)cn1. The van der Waals surface area contributed by atoms with Crippen LogP contribution in [0.5, 0.6) is 5.88 Å². The van der Waals surface area contributed by atoms with Crippen LogP contribution in [0, 0.1) is 23.2 Å². The Morgan fingerprint density at radius 1 is 0.976 bits per heavy atom. The van der Waals surface area contributed by atoms with Crippen LogP contribution in [-0.4, -0.2) is 55.1 Å². The minimum absolute atomic E-state index is 0.118. The summed E-state index contributed by atoms with van der Waals surface area (Å²) in [6.07, 6.45) is 13.5. The molecule has 5 aromatic heterocycles. The van der Waals surface area contributed by atoms with Crippen LogP contribution in [0.1, 0.15) is 30.9 Å². The molecule has 2 fully saturated rings. The van der Waals surface area contributed by atoms with Crippen molar-refractivity contribution in [2.24, 2.45) is 18.9 Å². The van der Waals surface area contributed by atoms with Crippen LogP contribution < -0.4 is 15.0 Å². The van der Waals surface area contributed by atoms with E-state index in [9.17, 15) is 5.26 Å². The molecule has 0 bridgehead atoms. The van der Waals surface area contributed by atoms with Crippen molar-refractivity contribution < 1.29 is 4.74 Å². The van der Waals surface area contributed by atoms with Crippen molar-refractivity contribution >= 4 is 11.3 Å². The van der Waals surface area contributed by atoms with Gasteiger partial charge in [-0.1, -0.05) is 6.07 Å². The molecule has 0 unspecified atom stereocenters. The van der Waals surface area contributed by atoms with E-state index >= 15 is 0 Å². The summed E-state index contributed by atoms with van der Waals surface area (Å²) < 4.78 is 8.74. The molecular formula is C32H33N9O. The average molecular weight is 560 g/mol. The lowest BCUT2D eigenvalue weighted by molar-refractivity contribution is 0.340. The maximum Gasteiger partial charge on any atom is 0.212 e. The Bertz CT molecular complexity index is 1770. The van der Waals surface area contributed by atoms with E-state index in [0.717, 1.165) is 66.1 Å². The van der Waals surface area contributed by atoms with Crippen LogP contribution in [0.15, 0.2) is 67.5 Å². The number of nitrogens with one attached hydrogen (secondary N) is 1. The summed E-state index contributed by atoms with van der Waals surface area (Å²) in [5, 5.41) is 22.3. The van der Waals surface area contributed by atoms with Crippen LogP contribution >= 0.6 is 0 Å². The van der Waals surface area contributed by atoms with Gasteiger partial charge in [-0.25, -0.2) is 14.5 Å². The molecule has 0 spiro atoms. The van der Waals surface area contributed by atoms with E-state index in [2.05, 4.69) is 62.7 Å². The Labute approximate surface area is 244 Å².